The molecule has 3 nitrogen and oxygen atoms in total. The zero-order chi connectivity index (χ0) is 12.5. The molecule has 0 saturated carbocycles. The smallest absolute Gasteiger partial charge is 0.0583 e. The molecule has 0 aliphatic heterocycles. The van der Waals surface area contributed by atoms with Crippen molar-refractivity contribution in [2.24, 2.45) is 12.8 Å². The van der Waals surface area contributed by atoms with Crippen LogP contribution < -0.4 is 5.73 Å². The van der Waals surface area contributed by atoms with Crippen LogP contribution in [0.15, 0.2) is 54.9 Å². The fraction of sp³-hybridized carbons (Fsp3) is 0.133. The third kappa shape index (κ3) is 1.89. The highest BCUT2D eigenvalue weighted by molar-refractivity contribution is 5.83. The Labute approximate surface area is 106 Å². The number of aromatic nitrogens is 2. The number of rotatable bonds is 2. The third-order valence-electron chi connectivity index (χ3n) is 3.22. The topological polar surface area (TPSA) is 43.8 Å². The van der Waals surface area contributed by atoms with Gasteiger partial charge in [0.1, 0.15) is 0 Å². The van der Waals surface area contributed by atoms with Gasteiger partial charge in [-0.3, -0.25) is 4.68 Å². The van der Waals surface area contributed by atoms with Gasteiger partial charge in [0.2, 0.25) is 0 Å². The predicted molar refractivity (Wildman–Crippen MR) is 73.2 cm³/mol. The SMILES string of the molecule is Cn1cc(C(N)c2ccc3ccccc3c2)cn1. The minimum Gasteiger partial charge on any atom is -0.320 e. The van der Waals surface area contributed by atoms with Crippen molar-refractivity contribution in [1.82, 2.24) is 9.78 Å². The lowest BCUT2D eigenvalue weighted by Crippen LogP contribution is -2.10. The molecule has 0 radical (unpaired) electrons. The van der Waals surface area contributed by atoms with Gasteiger partial charge >= 0.3 is 0 Å². The zero-order valence-corrected chi connectivity index (χ0v) is 10.2. The number of benzene rings is 2. The van der Waals surface area contributed by atoms with Crippen molar-refractivity contribution in [3.63, 3.8) is 0 Å². The van der Waals surface area contributed by atoms with Crippen LogP contribution in [0.3, 0.4) is 0 Å². The molecular formula is C15H15N3. The Balaban J connectivity index is 2.03. The van der Waals surface area contributed by atoms with Crippen LogP contribution in [0.25, 0.3) is 10.8 Å². The quantitative estimate of drug-likeness (QED) is 0.744. The summed E-state index contributed by atoms with van der Waals surface area (Å²) in [6, 6.07) is 14.5. The van der Waals surface area contributed by atoms with Crippen molar-refractivity contribution in [2.75, 3.05) is 0 Å². The summed E-state index contributed by atoms with van der Waals surface area (Å²) in [6.07, 6.45) is 3.78. The first-order valence-electron chi connectivity index (χ1n) is 5.97. The molecule has 3 aromatic rings. The summed E-state index contributed by atoms with van der Waals surface area (Å²) < 4.78 is 1.77. The van der Waals surface area contributed by atoms with Gasteiger partial charge in [0.25, 0.3) is 0 Å². The van der Waals surface area contributed by atoms with Gasteiger partial charge in [-0.1, -0.05) is 36.4 Å². The molecule has 1 atom stereocenters. The van der Waals surface area contributed by atoms with Crippen LogP contribution >= 0.6 is 0 Å². The van der Waals surface area contributed by atoms with Gasteiger partial charge in [-0.25, -0.2) is 0 Å². The molecule has 0 bridgehead atoms. The maximum atomic E-state index is 6.27. The minimum absolute atomic E-state index is 0.122. The number of hydrogen-bond donors (Lipinski definition) is 1. The van der Waals surface area contributed by atoms with Gasteiger partial charge < -0.3 is 5.73 Å². The standard InChI is InChI=1S/C15H15N3/c1-18-10-14(9-17-18)15(16)13-7-6-11-4-2-3-5-12(11)8-13/h2-10,15H,16H2,1H3. The summed E-state index contributed by atoms with van der Waals surface area (Å²) in [5.74, 6) is 0. The zero-order valence-electron chi connectivity index (χ0n) is 10.2. The first-order chi connectivity index (χ1) is 8.74. The Bertz CT molecular complexity index is 685. The average molecular weight is 237 g/mol. The Kier molecular flexibility index (Phi) is 2.61. The number of nitrogens with two attached hydrogens (primary N) is 1. The molecular weight excluding hydrogens is 222 g/mol. The van der Waals surface area contributed by atoms with Crippen LogP contribution in [-0.2, 0) is 7.05 Å². The lowest BCUT2D eigenvalue weighted by atomic mass is 9.99. The Hall–Kier alpha value is -2.13. The molecule has 1 aromatic heterocycles. The van der Waals surface area contributed by atoms with Gasteiger partial charge in [-0.15, -0.1) is 0 Å². The molecule has 3 heteroatoms. The second kappa shape index (κ2) is 4.27. The summed E-state index contributed by atoms with van der Waals surface area (Å²) in [6.45, 7) is 0. The van der Waals surface area contributed by atoms with Crippen LogP contribution in [0.1, 0.15) is 17.2 Å². The highest BCUT2D eigenvalue weighted by Gasteiger charge is 2.10. The maximum absolute atomic E-state index is 6.27. The highest BCUT2D eigenvalue weighted by Crippen LogP contribution is 2.23. The largest absolute Gasteiger partial charge is 0.320 e. The Morgan fingerprint density at radius 2 is 1.83 bits per heavy atom. The van der Waals surface area contributed by atoms with Gasteiger partial charge in [-0.05, 0) is 22.4 Å². The monoisotopic (exact) mass is 237 g/mol. The third-order valence-corrected chi connectivity index (χ3v) is 3.22. The van der Waals surface area contributed by atoms with Gasteiger partial charge in [-0.2, -0.15) is 5.10 Å². The van der Waals surface area contributed by atoms with E-state index in [0.29, 0.717) is 0 Å². The van der Waals surface area contributed by atoms with Gasteiger partial charge in [0, 0.05) is 18.8 Å². The first-order valence-corrected chi connectivity index (χ1v) is 5.97. The first kappa shape index (κ1) is 11.0. The number of aryl methyl sites for hydroxylation is 1. The van der Waals surface area contributed by atoms with E-state index < -0.39 is 0 Å². The van der Waals surface area contributed by atoms with E-state index in [2.05, 4.69) is 35.4 Å². The lowest BCUT2D eigenvalue weighted by molar-refractivity contribution is 0.765. The van der Waals surface area contributed by atoms with E-state index in [1.54, 1.807) is 4.68 Å². The molecule has 1 unspecified atom stereocenters. The minimum atomic E-state index is -0.122. The van der Waals surface area contributed by atoms with E-state index in [1.165, 1.54) is 10.8 Å². The van der Waals surface area contributed by atoms with Crippen LogP contribution in [0.5, 0.6) is 0 Å². The summed E-state index contributed by atoms with van der Waals surface area (Å²) >= 11 is 0. The lowest BCUT2D eigenvalue weighted by Gasteiger charge is -2.10. The number of nitrogens with zero attached hydrogens (tertiary/aromatic N) is 2. The fourth-order valence-corrected chi connectivity index (χ4v) is 2.19. The average Bonchev–Trinajstić information content (AvgIpc) is 2.84. The van der Waals surface area contributed by atoms with Crippen molar-refractivity contribution in [3.8, 4) is 0 Å². The van der Waals surface area contributed by atoms with Crippen LogP contribution in [0.2, 0.25) is 0 Å². The maximum Gasteiger partial charge on any atom is 0.0583 e. The molecule has 0 fully saturated rings. The summed E-state index contributed by atoms with van der Waals surface area (Å²) in [7, 11) is 1.90. The van der Waals surface area contributed by atoms with Gasteiger partial charge in [0.05, 0.1) is 12.2 Å². The van der Waals surface area contributed by atoms with Crippen molar-refractivity contribution >= 4 is 10.8 Å². The molecule has 0 spiro atoms. The predicted octanol–water partition coefficient (Wildman–Crippen LogP) is 2.62. The molecule has 2 N–H and O–H groups in total. The molecule has 18 heavy (non-hydrogen) atoms. The normalized spacial score (nSPS) is 12.8. The fourth-order valence-electron chi connectivity index (χ4n) is 2.19. The molecule has 0 saturated heterocycles. The van der Waals surface area contributed by atoms with E-state index in [-0.39, 0.29) is 6.04 Å². The Morgan fingerprint density at radius 3 is 2.56 bits per heavy atom. The van der Waals surface area contributed by atoms with E-state index in [9.17, 15) is 0 Å². The Morgan fingerprint density at radius 1 is 1.06 bits per heavy atom. The molecule has 1 heterocycles. The second-order valence-electron chi connectivity index (χ2n) is 4.53. The summed E-state index contributed by atoms with van der Waals surface area (Å²) in [5, 5.41) is 6.61. The molecule has 90 valence electrons. The number of fused-ring (bicyclic) bond motifs is 1. The molecule has 0 aliphatic carbocycles. The number of hydrogen-bond acceptors (Lipinski definition) is 2. The molecule has 2 aromatic carbocycles. The van der Waals surface area contributed by atoms with Crippen LogP contribution in [-0.4, -0.2) is 9.78 Å². The van der Waals surface area contributed by atoms with Crippen LogP contribution in [0, 0.1) is 0 Å². The van der Waals surface area contributed by atoms with Crippen molar-refractivity contribution in [3.05, 3.63) is 66.0 Å². The van der Waals surface area contributed by atoms with Crippen molar-refractivity contribution in [2.45, 2.75) is 6.04 Å². The summed E-state index contributed by atoms with van der Waals surface area (Å²) in [4.78, 5) is 0. The van der Waals surface area contributed by atoms with Crippen molar-refractivity contribution in [1.29, 1.82) is 0 Å². The van der Waals surface area contributed by atoms with E-state index in [4.69, 9.17) is 5.73 Å². The molecule has 0 aliphatic rings. The van der Waals surface area contributed by atoms with Crippen molar-refractivity contribution < 1.29 is 0 Å². The highest BCUT2D eigenvalue weighted by atomic mass is 15.2. The second-order valence-corrected chi connectivity index (χ2v) is 4.53. The van der Waals surface area contributed by atoms with E-state index in [0.717, 1.165) is 11.1 Å². The molecule has 0 amide bonds. The summed E-state index contributed by atoms with van der Waals surface area (Å²) in [5.41, 5.74) is 8.41. The van der Waals surface area contributed by atoms with E-state index >= 15 is 0 Å². The van der Waals surface area contributed by atoms with E-state index in [1.807, 2.05) is 31.6 Å². The van der Waals surface area contributed by atoms with Gasteiger partial charge in [0.15, 0.2) is 0 Å². The molecule has 3 rings (SSSR count). The van der Waals surface area contributed by atoms with Crippen LogP contribution in [0.4, 0.5) is 0 Å².